The number of rotatable bonds is 20. The smallest absolute Gasteiger partial charge is 0.245 e. The molecule has 0 saturated heterocycles. The van der Waals surface area contributed by atoms with Crippen LogP contribution in [0.3, 0.4) is 0 Å². The number of thiazole rings is 1. The largest absolute Gasteiger partial charge is 0.394 e. The standard InChI is InChI=1S/C29H43N9O6S/c1-18(40)35-23(17-39)27(44)37-21(10-5-6-12-30)25(42)38-22(16-19-8-3-2-4-9-19)26(43)36-20(11-7-13-34-29(31)32)24(41)28-33-14-15-45-28/h2-4,8-9,14-15,20-23,39H,5-7,10-13,16-17,30H2,1H3,(H,35,40)(H,36,43)(H,37,44)(H,38,42)(H4,31,32,34)/t20?,21-,22-,23-/m0/s1. The lowest BCUT2D eigenvalue weighted by Crippen LogP contribution is -2.58. The summed E-state index contributed by atoms with van der Waals surface area (Å²) in [5, 5.41) is 31.8. The highest BCUT2D eigenvalue weighted by atomic mass is 32.1. The Labute approximate surface area is 265 Å². The fraction of sp³-hybridized carbons (Fsp3) is 0.483. The number of nitrogens with zero attached hydrogens (tertiary/aromatic N) is 1. The van der Waals surface area contributed by atoms with E-state index in [1.807, 2.05) is 6.07 Å². The number of guanidine groups is 1. The average molecular weight is 646 g/mol. The van der Waals surface area contributed by atoms with E-state index >= 15 is 0 Å². The molecule has 0 saturated carbocycles. The summed E-state index contributed by atoms with van der Waals surface area (Å²) in [6.45, 7) is 1.18. The molecule has 2 aromatic rings. The quantitative estimate of drug-likeness (QED) is 0.0364. The lowest BCUT2D eigenvalue weighted by atomic mass is 10.0. The molecule has 45 heavy (non-hydrogen) atoms. The Balaban J connectivity index is 2.30. The number of aliphatic hydroxyl groups excluding tert-OH is 1. The van der Waals surface area contributed by atoms with Crippen molar-refractivity contribution in [2.24, 2.45) is 11.5 Å². The number of aromatic nitrogens is 1. The molecule has 1 unspecified atom stereocenters. The van der Waals surface area contributed by atoms with Gasteiger partial charge in [0.1, 0.15) is 18.1 Å². The number of nitrogens with one attached hydrogen (secondary N) is 6. The minimum absolute atomic E-state index is 0.0804. The number of Topliss-reactive ketones (excluding diaryl/α,β-unsaturated/α-hetero) is 1. The molecular formula is C29H43N9O6S. The topological polar surface area (TPSA) is 255 Å². The molecular weight excluding hydrogens is 602 g/mol. The van der Waals surface area contributed by atoms with Crippen molar-refractivity contribution in [3.05, 3.63) is 52.5 Å². The van der Waals surface area contributed by atoms with Crippen LogP contribution in [0.25, 0.3) is 0 Å². The third-order valence-electron chi connectivity index (χ3n) is 6.63. The number of carbonyl (C=O) groups excluding carboxylic acids is 5. The van der Waals surface area contributed by atoms with Crippen LogP contribution < -0.4 is 38.1 Å². The minimum atomic E-state index is -1.27. The summed E-state index contributed by atoms with van der Waals surface area (Å²) in [5.74, 6) is -3.21. The number of aliphatic hydroxyl groups is 1. The molecule has 0 radical (unpaired) electrons. The lowest BCUT2D eigenvalue weighted by Gasteiger charge is -2.26. The van der Waals surface area contributed by atoms with Gasteiger partial charge in [-0.25, -0.2) is 4.98 Å². The molecule has 1 aromatic heterocycles. The number of amides is 4. The van der Waals surface area contributed by atoms with Crippen molar-refractivity contribution in [3.8, 4) is 0 Å². The maximum absolute atomic E-state index is 13.7. The second-order valence-electron chi connectivity index (χ2n) is 10.3. The third kappa shape index (κ3) is 13.4. The average Bonchev–Trinajstić information content (AvgIpc) is 3.55. The molecule has 0 aliphatic rings. The molecule has 0 aliphatic carbocycles. The normalized spacial score (nSPS) is 13.4. The monoisotopic (exact) mass is 645 g/mol. The van der Waals surface area contributed by atoms with Gasteiger partial charge in [0.05, 0.1) is 12.6 Å². The number of carbonyl (C=O) groups is 5. The molecule has 0 aliphatic heterocycles. The maximum Gasteiger partial charge on any atom is 0.245 e. The predicted molar refractivity (Wildman–Crippen MR) is 169 cm³/mol. The Hall–Kier alpha value is -4.41. The first-order chi connectivity index (χ1) is 21.5. The van der Waals surface area contributed by atoms with Crippen LogP contribution in [0.15, 0.2) is 41.9 Å². The fourth-order valence-electron chi connectivity index (χ4n) is 4.37. The summed E-state index contributed by atoms with van der Waals surface area (Å²) in [4.78, 5) is 69.0. The van der Waals surface area contributed by atoms with Gasteiger partial charge in [-0.3, -0.25) is 29.4 Å². The number of hydrogen-bond acceptors (Lipinski definition) is 10. The Bertz CT molecular complexity index is 1260. The predicted octanol–water partition coefficient (Wildman–Crippen LogP) is -1.09. The van der Waals surface area contributed by atoms with Crippen molar-refractivity contribution < 1.29 is 29.1 Å². The highest BCUT2D eigenvalue weighted by molar-refractivity contribution is 7.11. The van der Waals surface area contributed by atoms with Gasteiger partial charge in [-0.15, -0.1) is 11.3 Å². The Morgan fingerprint density at radius 2 is 1.51 bits per heavy atom. The molecule has 4 amide bonds. The number of ketones is 1. The van der Waals surface area contributed by atoms with Crippen molar-refractivity contribution in [1.82, 2.24) is 31.6 Å². The molecule has 0 spiro atoms. The molecule has 11 N–H and O–H groups in total. The first-order valence-corrected chi connectivity index (χ1v) is 15.5. The van der Waals surface area contributed by atoms with Crippen LogP contribution in [-0.2, 0) is 25.6 Å². The van der Waals surface area contributed by atoms with Crippen LogP contribution in [0.1, 0.15) is 54.4 Å². The molecule has 16 heteroatoms. The highest BCUT2D eigenvalue weighted by Crippen LogP contribution is 2.13. The molecule has 4 atom stereocenters. The second kappa shape index (κ2) is 19.8. The first-order valence-electron chi connectivity index (χ1n) is 14.6. The van der Waals surface area contributed by atoms with Gasteiger partial charge < -0.3 is 43.2 Å². The minimum Gasteiger partial charge on any atom is -0.394 e. The van der Waals surface area contributed by atoms with E-state index in [0.717, 1.165) is 16.9 Å². The summed E-state index contributed by atoms with van der Waals surface area (Å²) in [6, 6.07) is 4.47. The van der Waals surface area contributed by atoms with Crippen molar-refractivity contribution in [1.29, 1.82) is 5.41 Å². The summed E-state index contributed by atoms with van der Waals surface area (Å²) in [5.41, 5.74) is 11.7. The number of hydrogen-bond donors (Lipinski definition) is 9. The summed E-state index contributed by atoms with van der Waals surface area (Å²) in [7, 11) is 0. The molecule has 1 aromatic carbocycles. The van der Waals surface area contributed by atoms with Crippen LogP contribution in [0.5, 0.6) is 0 Å². The molecule has 2 rings (SSSR count). The van der Waals surface area contributed by atoms with E-state index in [0.29, 0.717) is 32.4 Å². The summed E-state index contributed by atoms with van der Waals surface area (Å²) >= 11 is 1.13. The molecule has 1 heterocycles. The number of nitrogens with two attached hydrogens (primary N) is 2. The van der Waals surface area contributed by atoms with E-state index < -0.39 is 60.2 Å². The summed E-state index contributed by atoms with van der Waals surface area (Å²) in [6.07, 6.45) is 3.40. The highest BCUT2D eigenvalue weighted by Gasteiger charge is 2.31. The zero-order chi connectivity index (χ0) is 33.2. The summed E-state index contributed by atoms with van der Waals surface area (Å²) < 4.78 is 0. The van der Waals surface area contributed by atoms with Crippen molar-refractivity contribution in [2.45, 2.75) is 69.6 Å². The van der Waals surface area contributed by atoms with Crippen LogP contribution in [0.2, 0.25) is 0 Å². The van der Waals surface area contributed by atoms with Gasteiger partial charge in [0.2, 0.25) is 29.4 Å². The molecule has 246 valence electrons. The van der Waals surface area contributed by atoms with Crippen LogP contribution in [-0.4, -0.2) is 89.3 Å². The first kappa shape index (κ1) is 36.8. The van der Waals surface area contributed by atoms with Gasteiger partial charge >= 0.3 is 0 Å². The molecule has 0 fully saturated rings. The van der Waals surface area contributed by atoms with Gasteiger partial charge in [-0.1, -0.05) is 30.3 Å². The molecule has 0 bridgehead atoms. The van der Waals surface area contributed by atoms with Crippen LogP contribution >= 0.6 is 11.3 Å². The third-order valence-corrected chi connectivity index (χ3v) is 7.42. The van der Waals surface area contributed by atoms with Crippen molar-refractivity contribution >= 4 is 46.7 Å². The lowest BCUT2D eigenvalue weighted by molar-refractivity contribution is -0.134. The SMILES string of the molecule is CC(=O)N[C@@H](CO)C(=O)N[C@@H](CCCCN)C(=O)N[C@@H](Cc1ccccc1)C(=O)NC(CCCNC(=N)N)C(=O)c1nccs1. The van der Waals surface area contributed by atoms with Gasteiger partial charge in [0.15, 0.2) is 11.0 Å². The second-order valence-corrected chi connectivity index (χ2v) is 11.2. The zero-order valence-corrected chi connectivity index (χ0v) is 26.0. The van der Waals surface area contributed by atoms with E-state index in [2.05, 4.69) is 31.6 Å². The van der Waals surface area contributed by atoms with Gasteiger partial charge in [-0.05, 0) is 44.2 Å². The fourth-order valence-corrected chi connectivity index (χ4v) is 5.00. The van der Waals surface area contributed by atoms with E-state index in [1.54, 1.807) is 29.6 Å². The van der Waals surface area contributed by atoms with E-state index in [9.17, 15) is 29.1 Å². The van der Waals surface area contributed by atoms with Gasteiger partial charge in [0, 0.05) is 31.5 Å². The van der Waals surface area contributed by atoms with E-state index in [-0.39, 0.29) is 30.2 Å². The maximum atomic E-state index is 13.7. The number of unbranched alkanes of at least 4 members (excludes halogenated alkanes) is 1. The van der Waals surface area contributed by atoms with Crippen LogP contribution in [0.4, 0.5) is 0 Å². The van der Waals surface area contributed by atoms with Gasteiger partial charge in [0.25, 0.3) is 0 Å². The Morgan fingerprint density at radius 1 is 0.889 bits per heavy atom. The van der Waals surface area contributed by atoms with Crippen molar-refractivity contribution in [2.75, 3.05) is 19.7 Å². The van der Waals surface area contributed by atoms with E-state index in [1.165, 1.54) is 13.1 Å². The van der Waals surface area contributed by atoms with E-state index in [4.69, 9.17) is 16.9 Å². The Morgan fingerprint density at radius 3 is 2.11 bits per heavy atom. The Kier molecular flexibility index (Phi) is 16.2. The van der Waals surface area contributed by atoms with Crippen LogP contribution in [0, 0.1) is 5.41 Å². The zero-order valence-electron chi connectivity index (χ0n) is 25.2. The molecule has 15 nitrogen and oxygen atoms in total. The van der Waals surface area contributed by atoms with Gasteiger partial charge in [-0.2, -0.15) is 0 Å². The van der Waals surface area contributed by atoms with Crippen molar-refractivity contribution in [3.63, 3.8) is 0 Å². The number of benzene rings is 1.